The molecule has 26 heavy (non-hydrogen) atoms. The largest absolute Gasteiger partial charge is 0.489 e. The lowest BCUT2D eigenvalue weighted by Gasteiger charge is -2.09. The Morgan fingerprint density at radius 3 is 1.65 bits per heavy atom. The quantitative estimate of drug-likeness (QED) is 0.277. The number of rotatable bonds is 5. The number of fused-ring (bicyclic) bond motifs is 2. The normalized spacial score (nSPS) is 11.2. The fourth-order valence-electron chi connectivity index (χ4n) is 3.13. The first-order chi connectivity index (χ1) is 12.7. The second kappa shape index (κ2) is 7.81. The van der Waals surface area contributed by atoms with Crippen LogP contribution in [-0.2, 0) is 17.3 Å². The monoisotopic (exact) mass is 468 g/mol. The minimum absolute atomic E-state index is 0.568. The summed E-state index contributed by atoms with van der Waals surface area (Å²) in [6.45, 7) is 0.568. The van der Waals surface area contributed by atoms with Gasteiger partial charge in [0.25, 0.3) is 0 Å². The molecule has 0 unspecified atom stereocenters. The van der Waals surface area contributed by atoms with E-state index in [4.69, 9.17) is 4.74 Å². The van der Waals surface area contributed by atoms with Gasteiger partial charge in [0.05, 0.1) is 0 Å². The molecule has 0 saturated carbocycles. The first-order valence-electron chi connectivity index (χ1n) is 8.54. The van der Waals surface area contributed by atoms with Gasteiger partial charge in [-0.3, -0.25) is 0 Å². The summed E-state index contributed by atoms with van der Waals surface area (Å²) in [6, 6.07) is 25.8. The van der Waals surface area contributed by atoms with Crippen LogP contribution >= 0.6 is 31.9 Å². The SMILES string of the molecule is BrCc1ccc2ccc(COc3ccc4ccc(CBr)cc4c3)cc2c1. The lowest BCUT2D eigenvalue weighted by Crippen LogP contribution is -1.95. The van der Waals surface area contributed by atoms with Crippen molar-refractivity contribution in [1.82, 2.24) is 0 Å². The van der Waals surface area contributed by atoms with Crippen molar-refractivity contribution in [2.24, 2.45) is 0 Å². The number of ether oxygens (including phenoxy) is 1. The molecule has 4 aromatic carbocycles. The Kier molecular flexibility index (Phi) is 5.28. The zero-order valence-electron chi connectivity index (χ0n) is 14.2. The third-order valence-corrected chi connectivity index (χ3v) is 5.85. The van der Waals surface area contributed by atoms with E-state index in [1.54, 1.807) is 0 Å². The Hall–Kier alpha value is -1.84. The number of halogens is 2. The molecule has 1 nitrogen and oxygen atoms in total. The highest BCUT2D eigenvalue weighted by Gasteiger charge is 2.02. The number of hydrogen-bond donors (Lipinski definition) is 0. The molecule has 0 aromatic heterocycles. The zero-order valence-corrected chi connectivity index (χ0v) is 17.4. The van der Waals surface area contributed by atoms with Gasteiger partial charge in [0.15, 0.2) is 0 Å². The standard InChI is InChI=1S/C23H18Br2O/c24-13-16-1-4-19-6-3-18(11-21(19)9-16)15-26-23-8-7-20-5-2-17(14-25)10-22(20)12-23/h1-12H,13-15H2. The highest BCUT2D eigenvalue weighted by molar-refractivity contribution is 9.08. The van der Waals surface area contributed by atoms with Crippen molar-refractivity contribution in [2.75, 3.05) is 0 Å². The van der Waals surface area contributed by atoms with Gasteiger partial charge in [0.1, 0.15) is 12.4 Å². The Balaban J connectivity index is 1.56. The maximum Gasteiger partial charge on any atom is 0.120 e. The van der Waals surface area contributed by atoms with Crippen molar-refractivity contribution in [3.63, 3.8) is 0 Å². The third kappa shape index (κ3) is 3.79. The zero-order chi connectivity index (χ0) is 17.9. The Labute approximate surface area is 170 Å². The van der Waals surface area contributed by atoms with Crippen LogP contribution in [0, 0.1) is 0 Å². The van der Waals surface area contributed by atoms with Crippen molar-refractivity contribution in [2.45, 2.75) is 17.3 Å². The van der Waals surface area contributed by atoms with E-state index < -0.39 is 0 Å². The number of alkyl halides is 2. The van der Waals surface area contributed by atoms with Gasteiger partial charge in [-0.2, -0.15) is 0 Å². The van der Waals surface area contributed by atoms with Crippen LogP contribution in [0.1, 0.15) is 16.7 Å². The van der Waals surface area contributed by atoms with Crippen molar-refractivity contribution in [3.8, 4) is 5.75 Å². The topological polar surface area (TPSA) is 9.23 Å². The molecule has 0 atom stereocenters. The minimum atomic E-state index is 0.568. The summed E-state index contributed by atoms with van der Waals surface area (Å²) in [5.41, 5.74) is 3.73. The van der Waals surface area contributed by atoms with E-state index in [1.807, 2.05) is 6.07 Å². The third-order valence-electron chi connectivity index (χ3n) is 4.56. The molecule has 0 spiro atoms. The predicted octanol–water partition coefficient (Wildman–Crippen LogP) is 7.36. The van der Waals surface area contributed by atoms with Crippen molar-refractivity contribution >= 4 is 53.4 Å². The molecule has 0 aliphatic carbocycles. The molecule has 0 fully saturated rings. The van der Waals surface area contributed by atoms with Gasteiger partial charge in [-0.25, -0.2) is 0 Å². The minimum Gasteiger partial charge on any atom is -0.489 e. The second-order valence-corrected chi connectivity index (χ2v) is 7.54. The summed E-state index contributed by atoms with van der Waals surface area (Å²) in [5.74, 6) is 0.901. The van der Waals surface area contributed by atoms with E-state index in [0.29, 0.717) is 6.61 Å². The van der Waals surface area contributed by atoms with Gasteiger partial charge < -0.3 is 4.74 Å². The van der Waals surface area contributed by atoms with Crippen LogP contribution in [0.4, 0.5) is 0 Å². The lowest BCUT2D eigenvalue weighted by atomic mass is 10.1. The molecule has 0 saturated heterocycles. The molecule has 0 N–H and O–H groups in total. The van der Waals surface area contributed by atoms with Crippen molar-refractivity contribution < 1.29 is 4.74 Å². The molecule has 3 heteroatoms. The first kappa shape index (κ1) is 17.6. The first-order valence-corrected chi connectivity index (χ1v) is 10.8. The Bertz CT molecular complexity index is 985. The van der Waals surface area contributed by atoms with Crippen LogP contribution in [0.2, 0.25) is 0 Å². The molecule has 0 bridgehead atoms. The van der Waals surface area contributed by atoms with Crippen LogP contribution in [0.3, 0.4) is 0 Å². The molecule has 130 valence electrons. The van der Waals surface area contributed by atoms with E-state index in [9.17, 15) is 0 Å². The van der Waals surface area contributed by atoms with Crippen LogP contribution < -0.4 is 4.74 Å². The van der Waals surface area contributed by atoms with Gasteiger partial charge in [-0.1, -0.05) is 86.5 Å². The van der Waals surface area contributed by atoms with E-state index in [2.05, 4.69) is 98.6 Å². The molecule has 0 aliphatic heterocycles. The maximum absolute atomic E-state index is 6.06. The Morgan fingerprint density at radius 1 is 0.538 bits per heavy atom. The lowest BCUT2D eigenvalue weighted by molar-refractivity contribution is 0.307. The van der Waals surface area contributed by atoms with E-state index in [0.717, 1.165) is 16.4 Å². The molecule has 4 aromatic rings. The van der Waals surface area contributed by atoms with Crippen LogP contribution in [0.25, 0.3) is 21.5 Å². The summed E-state index contributed by atoms with van der Waals surface area (Å²) < 4.78 is 6.06. The fourth-order valence-corrected chi connectivity index (χ4v) is 3.83. The smallest absolute Gasteiger partial charge is 0.120 e. The average Bonchev–Trinajstić information content (AvgIpc) is 2.70. The average molecular weight is 470 g/mol. The van der Waals surface area contributed by atoms with Crippen LogP contribution in [-0.4, -0.2) is 0 Å². The van der Waals surface area contributed by atoms with Crippen LogP contribution in [0.5, 0.6) is 5.75 Å². The van der Waals surface area contributed by atoms with Gasteiger partial charge in [-0.05, 0) is 56.4 Å². The molecular weight excluding hydrogens is 452 g/mol. The van der Waals surface area contributed by atoms with Gasteiger partial charge in [-0.15, -0.1) is 0 Å². The molecule has 4 rings (SSSR count). The van der Waals surface area contributed by atoms with E-state index >= 15 is 0 Å². The number of benzene rings is 4. The molecule has 0 aliphatic rings. The molecule has 0 heterocycles. The number of hydrogen-bond acceptors (Lipinski definition) is 1. The summed E-state index contributed by atoms with van der Waals surface area (Å²) in [4.78, 5) is 0. The summed E-state index contributed by atoms with van der Waals surface area (Å²) in [6.07, 6.45) is 0. The van der Waals surface area contributed by atoms with E-state index in [-0.39, 0.29) is 0 Å². The highest BCUT2D eigenvalue weighted by atomic mass is 79.9. The molecular formula is C23H18Br2O. The van der Waals surface area contributed by atoms with E-state index in [1.165, 1.54) is 38.2 Å². The van der Waals surface area contributed by atoms with Crippen molar-refractivity contribution in [1.29, 1.82) is 0 Å². The second-order valence-electron chi connectivity index (χ2n) is 6.42. The van der Waals surface area contributed by atoms with Crippen molar-refractivity contribution in [3.05, 3.63) is 89.5 Å². The fraction of sp³-hybridized carbons (Fsp3) is 0.130. The predicted molar refractivity (Wildman–Crippen MR) is 117 cm³/mol. The van der Waals surface area contributed by atoms with Gasteiger partial charge in [0, 0.05) is 10.7 Å². The molecule has 0 amide bonds. The van der Waals surface area contributed by atoms with Crippen LogP contribution in [0.15, 0.2) is 72.8 Å². The Morgan fingerprint density at radius 2 is 1.04 bits per heavy atom. The highest BCUT2D eigenvalue weighted by Crippen LogP contribution is 2.25. The van der Waals surface area contributed by atoms with Gasteiger partial charge >= 0.3 is 0 Å². The van der Waals surface area contributed by atoms with Gasteiger partial charge in [0.2, 0.25) is 0 Å². The maximum atomic E-state index is 6.06. The molecule has 0 radical (unpaired) electrons. The summed E-state index contributed by atoms with van der Waals surface area (Å²) >= 11 is 7.04. The summed E-state index contributed by atoms with van der Waals surface area (Å²) in [7, 11) is 0. The summed E-state index contributed by atoms with van der Waals surface area (Å²) in [5, 5.41) is 6.68.